The van der Waals surface area contributed by atoms with Gasteiger partial charge in [-0.25, -0.2) is 18.6 Å². The predicted octanol–water partition coefficient (Wildman–Crippen LogP) is 7.10. The molecule has 0 saturated heterocycles. The van der Waals surface area contributed by atoms with Gasteiger partial charge in [0.1, 0.15) is 29.4 Å². The van der Waals surface area contributed by atoms with E-state index in [0.717, 1.165) is 23.9 Å². The van der Waals surface area contributed by atoms with Crippen molar-refractivity contribution in [2.24, 2.45) is 0 Å². The van der Waals surface area contributed by atoms with Gasteiger partial charge < -0.3 is 19.5 Å². The number of amides is 2. The molecule has 2 heterocycles. The maximum Gasteiger partial charge on any atom is 0.573 e. The molecule has 0 unspecified atom stereocenters. The molecule has 2 amide bonds. The van der Waals surface area contributed by atoms with Crippen molar-refractivity contribution >= 4 is 17.7 Å². The molecule has 0 fully saturated rings. The third-order valence-electron chi connectivity index (χ3n) is 5.82. The lowest BCUT2D eigenvalue weighted by Gasteiger charge is -2.21. The molecule has 0 radical (unpaired) electrons. The highest BCUT2D eigenvalue weighted by molar-refractivity contribution is 5.97. The van der Waals surface area contributed by atoms with Gasteiger partial charge in [0.2, 0.25) is 5.88 Å². The quantitative estimate of drug-likeness (QED) is 0.190. The van der Waals surface area contributed by atoms with E-state index in [1.165, 1.54) is 18.3 Å². The van der Waals surface area contributed by atoms with Gasteiger partial charge in [-0.15, -0.1) is 13.2 Å². The number of alkyl halides is 3. The third-order valence-corrected chi connectivity index (χ3v) is 5.82. The van der Waals surface area contributed by atoms with Crippen LogP contribution in [0.15, 0.2) is 79.1 Å². The van der Waals surface area contributed by atoms with E-state index < -0.39 is 47.4 Å². The van der Waals surface area contributed by atoms with Crippen LogP contribution in [0.3, 0.4) is 0 Å². The standard InChI is InChI=1S/C31H27F5N4O5/c1-30(2,3)45-29(42)39-23-15-20(16-38-28(23)43-17-18-8-5-4-6-9-18)27(41)40-25(26-21(32)10-7-13-37-26)19-11-12-24(22(33)14-19)44-31(34,35)36/h4-16,25H,17H2,1-3H3,(H,39,42)(H,40,41)/t25-/m0/s1. The Kier molecular flexibility index (Phi) is 9.85. The highest BCUT2D eigenvalue weighted by Gasteiger charge is 2.33. The number of aromatic nitrogens is 2. The predicted molar refractivity (Wildman–Crippen MR) is 151 cm³/mol. The van der Waals surface area contributed by atoms with Crippen LogP contribution in [0.5, 0.6) is 11.6 Å². The van der Waals surface area contributed by atoms with E-state index in [9.17, 15) is 31.5 Å². The van der Waals surface area contributed by atoms with Crippen LogP contribution in [0.2, 0.25) is 0 Å². The van der Waals surface area contributed by atoms with E-state index in [0.29, 0.717) is 12.1 Å². The number of anilines is 1. The van der Waals surface area contributed by atoms with E-state index in [4.69, 9.17) is 9.47 Å². The summed E-state index contributed by atoms with van der Waals surface area (Å²) in [6, 6.07) is 13.5. The van der Waals surface area contributed by atoms with E-state index >= 15 is 0 Å². The van der Waals surface area contributed by atoms with Gasteiger partial charge in [0, 0.05) is 12.4 Å². The fourth-order valence-corrected chi connectivity index (χ4v) is 3.96. The minimum absolute atomic E-state index is 0.0342. The Bertz CT molecular complexity index is 1660. The van der Waals surface area contributed by atoms with Crippen LogP contribution in [0.4, 0.5) is 32.4 Å². The Labute approximate surface area is 254 Å². The van der Waals surface area contributed by atoms with Crippen molar-refractivity contribution in [1.82, 2.24) is 15.3 Å². The summed E-state index contributed by atoms with van der Waals surface area (Å²) in [5.41, 5.74) is -0.731. The monoisotopic (exact) mass is 630 g/mol. The molecule has 14 heteroatoms. The molecule has 0 aliphatic rings. The molecule has 9 nitrogen and oxygen atoms in total. The highest BCUT2D eigenvalue weighted by Crippen LogP contribution is 2.31. The van der Waals surface area contributed by atoms with Gasteiger partial charge in [-0.2, -0.15) is 0 Å². The molecule has 2 aromatic heterocycles. The van der Waals surface area contributed by atoms with Gasteiger partial charge in [0.25, 0.3) is 5.91 Å². The maximum absolute atomic E-state index is 14.8. The summed E-state index contributed by atoms with van der Waals surface area (Å²) < 4.78 is 82.2. The van der Waals surface area contributed by atoms with E-state index in [-0.39, 0.29) is 35.0 Å². The molecule has 4 rings (SSSR count). The summed E-state index contributed by atoms with van der Waals surface area (Å²) in [5.74, 6) is -4.34. The number of nitrogens with zero attached hydrogens (tertiary/aromatic N) is 2. The Morgan fingerprint density at radius 2 is 1.64 bits per heavy atom. The molecule has 236 valence electrons. The Morgan fingerprint density at radius 3 is 2.29 bits per heavy atom. The second kappa shape index (κ2) is 13.6. The molecular weight excluding hydrogens is 603 g/mol. The van der Waals surface area contributed by atoms with E-state index in [1.807, 2.05) is 30.3 Å². The molecule has 0 bridgehead atoms. The van der Waals surface area contributed by atoms with Gasteiger partial charge in [0.15, 0.2) is 11.6 Å². The molecule has 45 heavy (non-hydrogen) atoms. The second-order valence-corrected chi connectivity index (χ2v) is 10.5. The number of carbonyl (C=O) groups is 2. The molecule has 0 aliphatic heterocycles. The van der Waals surface area contributed by atoms with Crippen LogP contribution >= 0.6 is 0 Å². The number of hydrogen-bond donors (Lipinski definition) is 2. The lowest BCUT2D eigenvalue weighted by atomic mass is 10.0. The van der Waals surface area contributed by atoms with Crippen molar-refractivity contribution in [2.75, 3.05) is 5.32 Å². The maximum atomic E-state index is 14.8. The number of nitrogens with one attached hydrogen (secondary N) is 2. The fraction of sp³-hybridized carbons (Fsp3) is 0.226. The first-order valence-electron chi connectivity index (χ1n) is 13.3. The molecular formula is C31H27F5N4O5. The highest BCUT2D eigenvalue weighted by atomic mass is 19.4. The molecule has 1 atom stereocenters. The summed E-state index contributed by atoms with van der Waals surface area (Å²) in [6.07, 6.45) is -3.67. The molecule has 4 aromatic rings. The van der Waals surface area contributed by atoms with Crippen molar-refractivity contribution in [3.05, 3.63) is 113 Å². The van der Waals surface area contributed by atoms with Gasteiger partial charge in [0.05, 0.1) is 11.6 Å². The summed E-state index contributed by atoms with van der Waals surface area (Å²) in [6.45, 7) is 5.04. The minimum atomic E-state index is -5.15. The number of rotatable bonds is 9. The number of pyridine rings is 2. The number of carbonyl (C=O) groups excluding carboxylic acids is 2. The minimum Gasteiger partial charge on any atom is -0.471 e. The largest absolute Gasteiger partial charge is 0.573 e. The average Bonchev–Trinajstić information content (AvgIpc) is 2.95. The number of hydrogen-bond acceptors (Lipinski definition) is 7. The normalized spacial score (nSPS) is 12.2. The van der Waals surface area contributed by atoms with Crippen molar-refractivity contribution in [2.45, 2.75) is 45.4 Å². The zero-order chi connectivity index (χ0) is 32.8. The van der Waals surface area contributed by atoms with Crippen molar-refractivity contribution in [3.8, 4) is 11.6 Å². The fourth-order valence-electron chi connectivity index (χ4n) is 3.96. The zero-order valence-corrected chi connectivity index (χ0v) is 24.1. The number of halogens is 5. The number of ether oxygens (including phenoxy) is 3. The Hall–Kier alpha value is -5.27. The van der Waals surface area contributed by atoms with Gasteiger partial charge in [-0.1, -0.05) is 36.4 Å². The molecule has 0 aliphatic carbocycles. The zero-order valence-electron chi connectivity index (χ0n) is 24.1. The average molecular weight is 631 g/mol. The SMILES string of the molecule is CC(C)(C)OC(=O)Nc1cc(C(=O)N[C@@H](c2ccc(OC(F)(F)F)c(F)c2)c2ncccc2F)cnc1OCc1ccccc1. The van der Waals surface area contributed by atoms with Gasteiger partial charge >= 0.3 is 12.5 Å². The second-order valence-electron chi connectivity index (χ2n) is 10.5. The molecule has 0 spiro atoms. The van der Waals surface area contributed by atoms with Crippen molar-refractivity contribution < 1.29 is 45.8 Å². The first-order chi connectivity index (χ1) is 21.2. The Morgan fingerprint density at radius 1 is 0.911 bits per heavy atom. The smallest absolute Gasteiger partial charge is 0.471 e. The third kappa shape index (κ3) is 9.36. The lowest BCUT2D eigenvalue weighted by molar-refractivity contribution is -0.275. The number of benzene rings is 2. The first kappa shape index (κ1) is 32.6. The molecule has 2 aromatic carbocycles. The van der Waals surface area contributed by atoms with Gasteiger partial charge in [-0.3, -0.25) is 15.1 Å². The van der Waals surface area contributed by atoms with Crippen LogP contribution in [0.25, 0.3) is 0 Å². The topological polar surface area (TPSA) is 112 Å². The van der Waals surface area contributed by atoms with E-state index in [2.05, 4.69) is 25.3 Å². The summed E-state index contributed by atoms with van der Waals surface area (Å²) in [4.78, 5) is 34.1. The van der Waals surface area contributed by atoms with Crippen LogP contribution in [-0.4, -0.2) is 33.9 Å². The van der Waals surface area contributed by atoms with Crippen molar-refractivity contribution in [1.29, 1.82) is 0 Å². The van der Waals surface area contributed by atoms with E-state index in [1.54, 1.807) is 20.8 Å². The molecule has 0 saturated carbocycles. The summed E-state index contributed by atoms with van der Waals surface area (Å²) >= 11 is 0. The van der Waals surface area contributed by atoms with Crippen molar-refractivity contribution in [3.63, 3.8) is 0 Å². The summed E-state index contributed by atoms with van der Waals surface area (Å²) in [7, 11) is 0. The van der Waals surface area contributed by atoms with Crippen LogP contribution in [-0.2, 0) is 11.3 Å². The summed E-state index contributed by atoms with van der Waals surface area (Å²) in [5, 5.41) is 5.00. The molecule has 2 N–H and O–H groups in total. The van der Waals surface area contributed by atoms with Crippen LogP contribution < -0.4 is 20.1 Å². The lowest BCUT2D eigenvalue weighted by Crippen LogP contribution is -2.31. The van der Waals surface area contributed by atoms with Crippen LogP contribution in [0, 0.1) is 11.6 Å². The first-order valence-corrected chi connectivity index (χ1v) is 13.3. The van der Waals surface area contributed by atoms with Crippen LogP contribution in [0.1, 0.15) is 54.0 Å². The Balaban J connectivity index is 1.66. The van der Waals surface area contributed by atoms with Gasteiger partial charge in [-0.05, 0) is 62.2 Å².